The zero-order valence-electron chi connectivity index (χ0n) is 10.6. The first-order valence-corrected chi connectivity index (χ1v) is 6.93. The van der Waals surface area contributed by atoms with Crippen LogP contribution in [-0.2, 0) is 11.2 Å². The van der Waals surface area contributed by atoms with Crippen molar-refractivity contribution in [2.75, 3.05) is 26.3 Å². The van der Waals surface area contributed by atoms with Crippen molar-refractivity contribution in [3.8, 4) is 5.75 Å². The standard InChI is InChI=1S/C15H19NO2/c1-2-4-14-12(3-1)9-13(10-17-14)16-7-8-18-15(11-16)5-6-15/h1-4,13H,5-11H2. The van der Waals surface area contributed by atoms with E-state index in [2.05, 4.69) is 23.1 Å². The third-order valence-corrected chi connectivity index (χ3v) is 4.46. The van der Waals surface area contributed by atoms with E-state index < -0.39 is 0 Å². The number of rotatable bonds is 1. The van der Waals surface area contributed by atoms with Crippen LogP contribution in [0.4, 0.5) is 0 Å². The van der Waals surface area contributed by atoms with Gasteiger partial charge in [-0.25, -0.2) is 0 Å². The van der Waals surface area contributed by atoms with E-state index in [1.807, 2.05) is 6.07 Å². The number of ether oxygens (including phenoxy) is 2. The summed E-state index contributed by atoms with van der Waals surface area (Å²) in [5.74, 6) is 1.07. The van der Waals surface area contributed by atoms with Gasteiger partial charge in [0.05, 0.1) is 12.2 Å². The molecule has 1 saturated heterocycles. The number of para-hydroxylation sites is 1. The maximum atomic E-state index is 5.90. The van der Waals surface area contributed by atoms with Gasteiger partial charge in [0.2, 0.25) is 0 Å². The molecule has 96 valence electrons. The second kappa shape index (κ2) is 3.97. The van der Waals surface area contributed by atoms with Crippen LogP contribution in [-0.4, -0.2) is 42.8 Å². The number of benzene rings is 1. The minimum absolute atomic E-state index is 0.217. The molecule has 3 nitrogen and oxygen atoms in total. The molecule has 2 fully saturated rings. The summed E-state index contributed by atoms with van der Waals surface area (Å²) in [6.45, 7) is 3.87. The molecule has 3 aliphatic rings. The topological polar surface area (TPSA) is 21.7 Å². The normalized spacial score (nSPS) is 29.7. The quantitative estimate of drug-likeness (QED) is 0.754. The van der Waals surface area contributed by atoms with E-state index in [1.54, 1.807) is 0 Å². The van der Waals surface area contributed by atoms with Crippen LogP contribution in [0.1, 0.15) is 18.4 Å². The number of hydrogen-bond donors (Lipinski definition) is 0. The second-order valence-corrected chi connectivity index (χ2v) is 5.78. The summed E-state index contributed by atoms with van der Waals surface area (Å²) in [6, 6.07) is 8.95. The predicted octanol–water partition coefficient (Wildman–Crippen LogP) is 1.85. The van der Waals surface area contributed by atoms with E-state index >= 15 is 0 Å². The fraction of sp³-hybridized carbons (Fsp3) is 0.600. The Bertz CT molecular complexity index is 456. The Kier molecular flexibility index (Phi) is 2.39. The Morgan fingerprint density at radius 2 is 2.11 bits per heavy atom. The highest BCUT2D eigenvalue weighted by Crippen LogP contribution is 2.42. The first-order chi connectivity index (χ1) is 8.85. The number of morpholine rings is 1. The molecule has 1 spiro atoms. The molecular formula is C15H19NO2. The van der Waals surface area contributed by atoms with Crippen LogP contribution in [0.2, 0.25) is 0 Å². The largest absolute Gasteiger partial charge is 0.492 e. The Hall–Kier alpha value is -1.06. The van der Waals surface area contributed by atoms with Crippen molar-refractivity contribution in [2.45, 2.75) is 30.9 Å². The molecule has 1 aromatic carbocycles. The van der Waals surface area contributed by atoms with Gasteiger partial charge in [-0.05, 0) is 30.9 Å². The van der Waals surface area contributed by atoms with Crippen molar-refractivity contribution in [2.24, 2.45) is 0 Å². The lowest BCUT2D eigenvalue weighted by molar-refractivity contribution is -0.0664. The molecule has 18 heavy (non-hydrogen) atoms. The average molecular weight is 245 g/mol. The summed E-state index contributed by atoms with van der Waals surface area (Å²) < 4.78 is 11.8. The van der Waals surface area contributed by atoms with E-state index in [4.69, 9.17) is 9.47 Å². The number of fused-ring (bicyclic) bond motifs is 1. The van der Waals surface area contributed by atoms with Crippen molar-refractivity contribution in [1.29, 1.82) is 0 Å². The maximum absolute atomic E-state index is 5.90. The van der Waals surface area contributed by atoms with E-state index in [1.165, 1.54) is 18.4 Å². The monoisotopic (exact) mass is 245 g/mol. The van der Waals surface area contributed by atoms with Gasteiger partial charge in [-0.1, -0.05) is 18.2 Å². The first kappa shape index (κ1) is 10.8. The maximum Gasteiger partial charge on any atom is 0.122 e. The molecule has 1 atom stereocenters. The van der Waals surface area contributed by atoms with E-state index in [0.29, 0.717) is 6.04 Å². The fourth-order valence-corrected chi connectivity index (χ4v) is 3.17. The predicted molar refractivity (Wildman–Crippen MR) is 68.9 cm³/mol. The van der Waals surface area contributed by atoms with Gasteiger partial charge in [0.15, 0.2) is 0 Å². The zero-order valence-corrected chi connectivity index (χ0v) is 10.6. The Morgan fingerprint density at radius 1 is 1.22 bits per heavy atom. The van der Waals surface area contributed by atoms with Crippen LogP contribution in [0.25, 0.3) is 0 Å². The van der Waals surface area contributed by atoms with Gasteiger partial charge in [0.1, 0.15) is 12.4 Å². The van der Waals surface area contributed by atoms with Gasteiger partial charge >= 0.3 is 0 Å². The second-order valence-electron chi connectivity index (χ2n) is 5.78. The minimum Gasteiger partial charge on any atom is -0.492 e. The van der Waals surface area contributed by atoms with Crippen molar-refractivity contribution in [1.82, 2.24) is 4.90 Å². The van der Waals surface area contributed by atoms with Crippen molar-refractivity contribution < 1.29 is 9.47 Å². The van der Waals surface area contributed by atoms with Gasteiger partial charge in [-0.3, -0.25) is 4.90 Å². The third kappa shape index (κ3) is 1.82. The molecule has 0 radical (unpaired) electrons. The van der Waals surface area contributed by atoms with Gasteiger partial charge in [0.25, 0.3) is 0 Å². The Morgan fingerprint density at radius 3 is 3.00 bits per heavy atom. The van der Waals surface area contributed by atoms with Gasteiger partial charge < -0.3 is 9.47 Å². The highest BCUT2D eigenvalue weighted by Gasteiger charge is 2.48. The summed E-state index contributed by atoms with van der Waals surface area (Å²) in [6.07, 6.45) is 3.60. The molecule has 0 bridgehead atoms. The molecule has 3 heteroatoms. The molecule has 1 aromatic rings. The summed E-state index contributed by atoms with van der Waals surface area (Å²) in [5, 5.41) is 0. The molecule has 0 amide bonds. The molecule has 2 aliphatic heterocycles. The van der Waals surface area contributed by atoms with Crippen LogP contribution in [0.15, 0.2) is 24.3 Å². The van der Waals surface area contributed by atoms with Crippen LogP contribution < -0.4 is 4.74 Å². The molecule has 4 rings (SSSR count). The first-order valence-electron chi connectivity index (χ1n) is 6.93. The van der Waals surface area contributed by atoms with Crippen LogP contribution in [0, 0.1) is 0 Å². The van der Waals surface area contributed by atoms with E-state index in [0.717, 1.165) is 38.5 Å². The lowest BCUT2D eigenvalue weighted by atomic mass is 10.0. The van der Waals surface area contributed by atoms with Crippen molar-refractivity contribution in [3.63, 3.8) is 0 Å². The summed E-state index contributed by atoms with van der Waals surface area (Å²) in [5.41, 5.74) is 1.57. The van der Waals surface area contributed by atoms with Gasteiger partial charge in [-0.2, -0.15) is 0 Å². The molecule has 0 aromatic heterocycles. The molecule has 1 saturated carbocycles. The van der Waals surface area contributed by atoms with Crippen LogP contribution in [0.3, 0.4) is 0 Å². The number of nitrogens with zero attached hydrogens (tertiary/aromatic N) is 1. The van der Waals surface area contributed by atoms with E-state index in [-0.39, 0.29) is 5.60 Å². The molecule has 2 heterocycles. The minimum atomic E-state index is 0.217. The summed E-state index contributed by atoms with van der Waals surface area (Å²) >= 11 is 0. The highest BCUT2D eigenvalue weighted by atomic mass is 16.5. The highest BCUT2D eigenvalue weighted by molar-refractivity contribution is 5.35. The molecule has 1 unspecified atom stereocenters. The lowest BCUT2D eigenvalue weighted by Gasteiger charge is -2.40. The van der Waals surface area contributed by atoms with Gasteiger partial charge in [-0.15, -0.1) is 0 Å². The van der Waals surface area contributed by atoms with Crippen LogP contribution >= 0.6 is 0 Å². The number of hydrogen-bond acceptors (Lipinski definition) is 3. The fourth-order valence-electron chi connectivity index (χ4n) is 3.17. The molecule has 0 N–H and O–H groups in total. The SMILES string of the molecule is c1ccc2c(c1)CC(N1CCOC3(CC3)C1)CO2. The summed E-state index contributed by atoms with van der Waals surface area (Å²) in [4.78, 5) is 2.58. The van der Waals surface area contributed by atoms with Gasteiger partial charge in [0, 0.05) is 19.1 Å². The molecule has 1 aliphatic carbocycles. The third-order valence-electron chi connectivity index (χ3n) is 4.46. The lowest BCUT2D eigenvalue weighted by Crippen LogP contribution is -2.52. The Labute approximate surface area is 108 Å². The van der Waals surface area contributed by atoms with Crippen LogP contribution in [0.5, 0.6) is 5.75 Å². The van der Waals surface area contributed by atoms with Crippen molar-refractivity contribution in [3.05, 3.63) is 29.8 Å². The molecular weight excluding hydrogens is 226 g/mol. The smallest absolute Gasteiger partial charge is 0.122 e. The zero-order chi connectivity index (χ0) is 12.0. The average Bonchev–Trinajstić information content (AvgIpc) is 3.17. The summed E-state index contributed by atoms with van der Waals surface area (Å²) in [7, 11) is 0. The van der Waals surface area contributed by atoms with E-state index in [9.17, 15) is 0 Å². The van der Waals surface area contributed by atoms with Crippen molar-refractivity contribution >= 4 is 0 Å². The Balaban J connectivity index is 1.50.